The molecule has 2 aromatic carbocycles. The molecule has 0 radical (unpaired) electrons. The van der Waals surface area contributed by atoms with E-state index in [1.54, 1.807) is 30.3 Å². The van der Waals surface area contributed by atoms with Crippen molar-refractivity contribution in [3.63, 3.8) is 0 Å². The molecule has 0 amide bonds. The van der Waals surface area contributed by atoms with Gasteiger partial charge in [-0.3, -0.25) is 4.18 Å². The zero-order chi connectivity index (χ0) is 17.0. The van der Waals surface area contributed by atoms with E-state index in [0.29, 0.717) is 21.5 Å². The molecule has 7 heteroatoms. The van der Waals surface area contributed by atoms with E-state index in [0.717, 1.165) is 17.4 Å². The molecule has 23 heavy (non-hydrogen) atoms. The lowest BCUT2D eigenvalue weighted by Gasteiger charge is -2.18. The summed E-state index contributed by atoms with van der Waals surface area (Å²) in [4.78, 5) is 0. The average molecular weight is 394 g/mol. The minimum atomic E-state index is -3.54. The van der Waals surface area contributed by atoms with Gasteiger partial charge in [0.25, 0.3) is 10.1 Å². The zero-order valence-electron chi connectivity index (χ0n) is 12.3. The van der Waals surface area contributed by atoms with Gasteiger partial charge in [0.05, 0.1) is 12.9 Å². The predicted molar refractivity (Wildman–Crippen MR) is 95.2 cm³/mol. The molecule has 124 valence electrons. The summed E-state index contributed by atoms with van der Waals surface area (Å²) in [6.45, 7) is 0.00200. The van der Waals surface area contributed by atoms with Crippen LogP contribution in [-0.2, 0) is 20.7 Å². The van der Waals surface area contributed by atoms with Crippen LogP contribution in [0.25, 0.3) is 0 Å². The van der Waals surface area contributed by atoms with Gasteiger partial charge in [0.2, 0.25) is 0 Å². The van der Waals surface area contributed by atoms with Crippen molar-refractivity contribution in [1.29, 1.82) is 0 Å². The maximum atomic E-state index is 11.3. The van der Waals surface area contributed by atoms with E-state index in [4.69, 9.17) is 39.0 Å². The van der Waals surface area contributed by atoms with Crippen LogP contribution in [0.4, 0.5) is 0 Å². The summed E-state index contributed by atoms with van der Waals surface area (Å²) in [6.07, 6.45) is 1.48. The Morgan fingerprint density at radius 1 is 1.00 bits per heavy atom. The molecule has 0 bridgehead atoms. The fourth-order valence-electron chi connectivity index (χ4n) is 2.19. The van der Waals surface area contributed by atoms with Gasteiger partial charge in [-0.1, -0.05) is 53.0 Å². The fraction of sp³-hybridized carbons (Fsp3) is 0.250. The highest BCUT2D eigenvalue weighted by molar-refractivity contribution is 7.85. The van der Waals surface area contributed by atoms with Crippen molar-refractivity contribution < 1.29 is 12.6 Å². The predicted octanol–water partition coefficient (Wildman–Crippen LogP) is 4.95. The van der Waals surface area contributed by atoms with Crippen molar-refractivity contribution in [2.75, 3.05) is 12.9 Å². The highest BCUT2D eigenvalue weighted by Crippen LogP contribution is 2.31. The molecule has 0 fully saturated rings. The van der Waals surface area contributed by atoms with Gasteiger partial charge in [-0.2, -0.15) is 8.42 Å². The van der Waals surface area contributed by atoms with Crippen LogP contribution < -0.4 is 0 Å². The van der Waals surface area contributed by atoms with Gasteiger partial charge in [0, 0.05) is 21.0 Å². The molecule has 0 saturated carbocycles. The van der Waals surface area contributed by atoms with E-state index in [2.05, 4.69) is 0 Å². The molecule has 0 heterocycles. The van der Waals surface area contributed by atoms with Crippen LogP contribution in [-0.4, -0.2) is 21.3 Å². The van der Waals surface area contributed by atoms with E-state index in [1.807, 2.05) is 12.1 Å². The number of hydrogen-bond donors (Lipinski definition) is 0. The molecule has 0 N–H and O–H groups in total. The van der Waals surface area contributed by atoms with Crippen LogP contribution >= 0.6 is 34.8 Å². The van der Waals surface area contributed by atoms with Crippen LogP contribution in [0.5, 0.6) is 0 Å². The highest BCUT2D eigenvalue weighted by Gasteiger charge is 2.19. The first-order valence-electron chi connectivity index (χ1n) is 6.79. The molecular weight excluding hydrogens is 379 g/mol. The molecule has 2 rings (SSSR count). The van der Waals surface area contributed by atoms with Gasteiger partial charge < -0.3 is 0 Å². The second-order valence-corrected chi connectivity index (χ2v) is 8.04. The maximum Gasteiger partial charge on any atom is 0.264 e. The van der Waals surface area contributed by atoms with E-state index in [9.17, 15) is 8.42 Å². The molecule has 0 aliphatic heterocycles. The third-order valence-corrected chi connectivity index (χ3v) is 4.86. The van der Waals surface area contributed by atoms with Crippen LogP contribution in [0.3, 0.4) is 0 Å². The Hall–Kier alpha value is -0.780. The molecule has 0 saturated heterocycles. The third-order valence-electron chi connectivity index (χ3n) is 3.34. The molecule has 1 atom stereocenters. The van der Waals surface area contributed by atoms with Crippen molar-refractivity contribution in [2.24, 2.45) is 0 Å². The van der Waals surface area contributed by atoms with E-state index in [1.165, 1.54) is 0 Å². The molecule has 3 nitrogen and oxygen atoms in total. The van der Waals surface area contributed by atoms with Gasteiger partial charge in [-0.15, -0.1) is 0 Å². The largest absolute Gasteiger partial charge is 0.270 e. The maximum absolute atomic E-state index is 11.3. The topological polar surface area (TPSA) is 43.4 Å². The Bertz CT molecular complexity index is 753. The quantitative estimate of drug-likeness (QED) is 0.652. The highest BCUT2D eigenvalue weighted by atomic mass is 35.5. The second kappa shape index (κ2) is 7.86. The van der Waals surface area contributed by atoms with Crippen molar-refractivity contribution in [3.8, 4) is 0 Å². The Kier molecular flexibility index (Phi) is 6.34. The van der Waals surface area contributed by atoms with Crippen LogP contribution in [0, 0.1) is 0 Å². The van der Waals surface area contributed by atoms with Gasteiger partial charge in [-0.05, 0) is 41.8 Å². The number of benzene rings is 2. The first-order chi connectivity index (χ1) is 10.8. The first kappa shape index (κ1) is 18.6. The molecule has 0 aliphatic rings. The molecule has 0 spiro atoms. The first-order valence-corrected chi connectivity index (χ1v) is 9.74. The summed E-state index contributed by atoms with van der Waals surface area (Å²) in [6, 6.07) is 12.4. The van der Waals surface area contributed by atoms with Gasteiger partial charge in [0.1, 0.15) is 0 Å². The van der Waals surface area contributed by atoms with Crippen molar-refractivity contribution in [2.45, 2.75) is 12.3 Å². The zero-order valence-corrected chi connectivity index (χ0v) is 15.4. The molecule has 0 aliphatic carbocycles. The number of rotatable bonds is 6. The lowest BCUT2D eigenvalue weighted by molar-refractivity contribution is 0.293. The van der Waals surface area contributed by atoms with Crippen LogP contribution in [0.1, 0.15) is 17.0 Å². The monoisotopic (exact) mass is 392 g/mol. The molecule has 0 unspecified atom stereocenters. The SMILES string of the molecule is CS(=O)(=O)OC[C@H](Cc1c(Cl)cccc1Cl)c1ccc(Cl)cc1. The van der Waals surface area contributed by atoms with Gasteiger partial charge >= 0.3 is 0 Å². The Balaban J connectivity index is 2.31. The summed E-state index contributed by atoms with van der Waals surface area (Å²) in [7, 11) is -3.54. The molecular formula is C16H15Cl3O3S. The lowest BCUT2D eigenvalue weighted by atomic mass is 9.92. The standard InChI is InChI=1S/C16H15Cl3O3S/c1-23(20,21)22-10-12(11-5-7-13(17)8-6-11)9-14-15(18)3-2-4-16(14)19/h2-8,12H,9-10H2,1H3/t12-/m0/s1. The average Bonchev–Trinajstić information content (AvgIpc) is 2.46. The summed E-state index contributed by atoms with van der Waals surface area (Å²) in [5, 5.41) is 1.68. The van der Waals surface area contributed by atoms with Crippen molar-refractivity contribution in [1.82, 2.24) is 0 Å². The second-order valence-electron chi connectivity index (χ2n) is 5.14. The smallest absolute Gasteiger partial charge is 0.264 e. The van der Waals surface area contributed by atoms with E-state index in [-0.39, 0.29) is 12.5 Å². The number of halogens is 3. The van der Waals surface area contributed by atoms with Crippen LogP contribution in [0.2, 0.25) is 15.1 Å². The Labute approximate surface area is 151 Å². The molecule has 2 aromatic rings. The normalized spacial score (nSPS) is 13.0. The lowest BCUT2D eigenvalue weighted by Crippen LogP contribution is -2.15. The summed E-state index contributed by atoms with van der Waals surface area (Å²) < 4.78 is 27.6. The van der Waals surface area contributed by atoms with Crippen LogP contribution in [0.15, 0.2) is 42.5 Å². The van der Waals surface area contributed by atoms with Gasteiger partial charge in [-0.25, -0.2) is 0 Å². The van der Waals surface area contributed by atoms with Crippen molar-refractivity contribution in [3.05, 3.63) is 68.7 Å². The summed E-state index contributed by atoms with van der Waals surface area (Å²) in [5.41, 5.74) is 1.65. The minimum absolute atomic E-state index is 0.00200. The summed E-state index contributed by atoms with van der Waals surface area (Å²) in [5.74, 6) is -0.223. The van der Waals surface area contributed by atoms with E-state index < -0.39 is 10.1 Å². The fourth-order valence-corrected chi connectivity index (χ4v) is 3.28. The number of hydrogen-bond acceptors (Lipinski definition) is 3. The van der Waals surface area contributed by atoms with E-state index >= 15 is 0 Å². The summed E-state index contributed by atoms with van der Waals surface area (Å²) >= 11 is 18.3. The Morgan fingerprint density at radius 3 is 2.09 bits per heavy atom. The third kappa shape index (κ3) is 5.66. The Morgan fingerprint density at radius 2 is 1.57 bits per heavy atom. The van der Waals surface area contributed by atoms with Gasteiger partial charge in [0.15, 0.2) is 0 Å². The molecule has 0 aromatic heterocycles. The van der Waals surface area contributed by atoms with Crippen molar-refractivity contribution >= 4 is 44.9 Å². The minimum Gasteiger partial charge on any atom is -0.270 e.